The Bertz CT molecular complexity index is 863. The van der Waals surface area contributed by atoms with Crippen LogP contribution in [-0.2, 0) is 9.59 Å². The van der Waals surface area contributed by atoms with E-state index in [0.29, 0.717) is 18.8 Å². The number of likely N-dealkylation sites (tertiary alicyclic amines) is 1. The minimum absolute atomic E-state index is 0.00339. The molecule has 1 atom stereocenters. The first-order valence-electron chi connectivity index (χ1n) is 8.85. The van der Waals surface area contributed by atoms with E-state index in [0.717, 1.165) is 28.4 Å². The highest BCUT2D eigenvalue weighted by Crippen LogP contribution is 2.35. The molecule has 7 heteroatoms. The van der Waals surface area contributed by atoms with Crippen LogP contribution in [0.5, 0.6) is 0 Å². The fraction of sp³-hybridized carbons (Fsp3) is 0.421. The lowest BCUT2D eigenvalue weighted by Gasteiger charge is -2.30. The SMILES string of the molecule is Cc1cc(C)n([C@H]2CCN(C(=O)CN3C(=O)CSc4ccccc43)C2)n1. The highest BCUT2D eigenvalue weighted by atomic mass is 32.2. The smallest absolute Gasteiger partial charge is 0.242 e. The van der Waals surface area contributed by atoms with Crippen LogP contribution >= 0.6 is 11.8 Å². The average molecular weight is 370 g/mol. The van der Waals surface area contributed by atoms with Gasteiger partial charge in [0.1, 0.15) is 6.54 Å². The maximum atomic E-state index is 12.8. The minimum Gasteiger partial charge on any atom is -0.339 e. The Morgan fingerprint density at radius 2 is 2.12 bits per heavy atom. The van der Waals surface area contributed by atoms with Crippen LogP contribution < -0.4 is 4.90 Å². The molecule has 2 amide bonds. The van der Waals surface area contributed by atoms with Crippen LogP contribution in [0.25, 0.3) is 0 Å². The Kier molecular flexibility index (Phi) is 4.48. The topological polar surface area (TPSA) is 58.4 Å². The van der Waals surface area contributed by atoms with Gasteiger partial charge in [-0.05, 0) is 38.5 Å². The van der Waals surface area contributed by atoms with Gasteiger partial charge in [-0.25, -0.2) is 0 Å². The van der Waals surface area contributed by atoms with Gasteiger partial charge in [-0.15, -0.1) is 11.8 Å². The van der Waals surface area contributed by atoms with Crippen molar-refractivity contribution in [2.45, 2.75) is 31.2 Å². The molecule has 0 bridgehead atoms. The Morgan fingerprint density at radius 3 is 2.88 bits per heavy atom. The van der Waals surface area contributed by atoms with Crippen LogP contribution in [0.2, 0.25) is 0 Å². The molecule has 3 heterocycles. The van der Waals surface area contributed by atoms with Crippen LogP contribution in [0.15, 0.2) is 35.2 Å². The van der Waals surface area contributed by atoms with Crippen molar-refractivity contribution in [3.63, 3.8) is 0 Å². The molecular formula is C19H22N4O2S. The monoisotopic (exact) mass is 370 g/mol. The van der Waals surface area contributed by atoms with Gasteiger partial charge in [0.2, 0.25) is 11.8 Å². The predicted octanol–water partition coefficient (Wildman–Crippen LogP) is 2.41. The summed E-state index contributed by atoms with van der Waals surface area (Å²) < 4.78 is 2.03. The molecule has 0 radical (unpaired) electrons. The third-order valence-corrected chi connectivity index (χ3v) is 6.06. The number of thioether (sulfide) groups is 1. The van der Waals surface area contributed by atoms with Crippen LogP contribution in [0.4, 0.5) is 5.69 Å². The number of hydrogen-bond acceptors (Lipinski definition) is 4. The Labute approximate surface area is 157 Å². The number of carbonyl (C=O) groups excluding carboxylic acids is 2. The molecule has 1 saturated heterocycles. The zero-order valence-corrected chi connectivity index (χ0v) is 15.8. The van der Waals surface area contributed by atoms with Gasteiger partial charge in [0.15, 0.2) is 0 Å². The molecule has 0 spiro atoms. The van der Waals surface area contributed by atoms with Gasteiger partial charge >= 0.3 is 0 Å². The molecule has 4 rings (SSSR count). The fourth-order valence-corrected chi connectivity index (χ4v) is 4.68. The normalized spacial score (nSPS) is 19.8. The Morgan fingerprint density at radius 1 is 1.31 bits per heavy atom. The predicted molar refractivity (Wildman–Crippen MR) is 101 cm³/mol. The first-order valence-corrected chi connectivity index (χ1v) is 9.84. The molecule has 26 heavy (non-hydrogen) atoms. The van der Waals surface area contributed by atoms with Gasteiger partial charge in [0.05, 0.1) is 23.2 Å². The van der Waals surface area contributed by atoms with Crippen molar-refractivity contribution >= 4 is 29.3 Å². The van der Waals surface area contributed by atoms with Crippen LogP contribution in [-0.4, -0.2) is 51.9 Å². The molecule has 1 aromatic carbocycles. The van der Waals surface area contributed by atoms with Crippen LogP contribution in [0.3, 0.4) is 0 Å². The lowest BCUT2D eigenvalue weighted by atomic mass is 10.2. The maximum Gasteiger partial charge on any atom is 0.242 e. The lowest BCUT2D eigenvalue weighted by molar-refractivity contribution is -0.130. The van der Waals surface area contributed by atoms with E-state index in [2.05, 4.69) is 11.2 Å². The first-order chi connectivity index (χ1) is 12.5. The van der Waals surface area contributed by atoms with Crippen molar-refractivity contribution in [3.8, 4) is 0 Å². The fourth-order valence-electron chi connectivity index (χ4n) is 3.75. The molecule has 1 fully saturated rings. The molecule has 6 nitrogen and oxygen atoms in total. The lowest BCUT2D eigenvalue weighted by Crippen LogP contribution is -2.44. The van der Waals surface area contributed by atoms with E-state index in [1.165, 1.54) is 11.8 Å². The number of para-hydroxylation sites is 1. The number of fused-ring (bicyclic) bond motifs is 1. The van der Waals surface area contributed by atoms with Gasteiger partial charge in [-0.2, -0.15) is 5.10 Å². The maximum absolute atomic E-state index is 12.8. The number of hydrogen-bond donors (Lipinski definition) is 0. The second-order valence-corrected chi connectivity index (χ2v) is 7.91. The summed E-state index contributed by atoms with van der Waals surface area (Å²) in [6.45, 7) is 5.50. The summed E-state index contributed by atoms with van der Waals surface area (Å²) in [6.07, 6.45) is 0.897. The summed E-state index contributed by atoms with van der Waals surface area (Å²) in [4.78, 5) is 29.7. The third-order valence-electron chi connectivity index (χ3n) is 5.01. The van der Waals surface area contributed by atoms with Gasteiger partial charge in [-0.1, -0.05) is 12.1 Å². The molecule has 0 N–H and O–H groups in total. The molecule has 136 valence electrons. The highest BCUT2D eigenvalue weighted by Gasteiger charge is 2.32. The number of rotatable bonds is 3. The summed E-state index contributed by atoms with van der Waals surface area (Å²) in [6, 6.07) is 10.1. The summed E-state index contributed by atoms with van der Waals surface area (Å²) in [7, 11) is 0. The average Bonchev–Trinajstić information content (AvgIpc) is 3.23. The molecule has 2 aliphatic heterocycles. The van der Waals surface area contributed by atoms with Gasteiger partial charge in [0, 0.05) is 23.7 Å². The van der Waals surface area contributed by atoms with E-state index in [-0.39, 0.29) is 24.4 Å². The molecule has 2 aliphatic rings. The van der Waals surface area contributed by atoms with E-state index in [1.807, 2.05) is 47.7 Å². The number of aromatic nitrogens is 2. The largest absolute Gasteiger partial charge is 0.339 e. The van der Waals surface area contributed by atoms with E-state index in [9.17, 15) is 9.59 Å². The number of carbonyl (C=O) groups is 2. The molecule has 2 aromatic rings. The van der Waals surface area contributed by atoms with Gasteiger partial charge < -0.3 is 9.80 Å². The van der Waals surface area contributed by atoms with Gasteiger partial charge in [0.25, 0.3) is 0 Å². The summed E-state index contributed by atoms with van der Waals surface area (Å²) in [5, 5.41) is 4.55. The van der Waals surface area contributed by atoms with E-state index in [4.69, 9.17) is 0 Å². The second kappa shape index (κ2) is 6.79. The van der Waals surface area contributed by atoms with Crippen molar-refractivity contribution in [2.75, 3.05) is 30.3 Å². The first kappa shape index (κ1) is 17.1. The summed E-state index contributed by atoms with van der Waals surface area (Å²) in [5.41, 5.74) is 2.97. The van der Waals surface area contributed by atoms with Gasteiger partial charge in [-0.3, -0.25) is 14.3 Å². The number of anilines is 1. The Hall–Kier alpha value is -2.28. The number of nitrogens with zero attached hydrogens (tertiary/aromatic N) is 4. The zero-order chi connectivity index (χ0) is 18.3. The van der Waals surface area contributed by atoms with E-state index >= 15 is 0 Å². The van der Waals surface area contributed by atoms with Crippen molar-refractivity contribution in [2.24, 2.45) is 0 Å². The summed E-state index contributed by atoms with van der Waals surface area (Å²) >= 11 is 1.53. The molecule has 1 aromatic heterocycles. The van der Waals surface area contributed by atoms with Crippen molar-refractivity contribution in [1.29, 1.82) is 0 Å². The summed E-state index contributed by atoms with van der Waals surface area (Å²) in [5.74, 6) is 0.388. The van der Waals surface area contributed by atoms with E-state index in [1.54, 1.807) is 4.90 Å². The second-order valence-electron chi connectivity index (χ2n) is 6.89. The molecule has 0 aliphatic carbocycles. The molecule has 0 unspecified atom stereocenters. The van der Waals surface area contributed by atoms with Crippen LogP contribution in [0, 0.1) is 13.8 Å². The zero-order valence-electron chi connectivity index (χ0n) is 15.0. The molecule has 0 saturated carbocycles. The molecular weight excluding hydrogens is 348 g/mol. The highest BCUT2D eigenvalue weighted by molar-refractivity contribution is 8.00. The number of amides is 2. The van der Waals surface area contributed by atoms with Crippen molar-refractivity contribution in [1.82, 2.24) is 14.7 Å². The quantitative estimate of drug-likeness (QED) is 0.833. The standard InChI is InChI=1S/C19H22N4O2S/c1-13-9-14(2)23(20-13)15-7-8-21(10-15)18(24)11-22-16-5-3-4-6-17(16)26-12-19(22)25/h3-6,9,15H,7-8,10-12H2,1-2H3/t15-/m0/s1. The number of aryl methyl sites for hydroxylation is 2. The Balaban J connectivity index is 1.46. The van der Waals surface area contributed by atoms with Crippen LogP contribution in [0.1, 0.15) is 23.9 Å². The number of benzene rings is 1. The van der Waals surface area contributed by atoms with Crippen molar-refractivity contribution < 1.29 is 9.59 Å². The third kappa shape index (κ3) is 3.11. The minimum atomic E-state index is -0.00339. The van der Waals surface area contributed by atoms with Crippen molar-refractivity contribution in [3.05, 3.63) is 41.7 Å². The van der Waals surface area contributed by atoms with E-state index < -0.39 is 0 Å².